The highest BCUT2D eigenvalue weighted by molar-refractivity contribution is 7.88. The number of benzene rings is 2. The van der Waals surface area contributed by atoms with Crippen LogP contribution in [0.2, 0.25) is 0 Å². The highest BCUT2D eigenvalue weighted by atomic mass is 32.2. The summed E-state index contributed by atoms with van der Waals surface area (Å²) in [7, 11) is -2.11. The lowest BCUT2D eigenvalue weighted by Crippen LogP contribution is -2.47. The van der Waals surface area contributed by atoms with Crippen LogP contribution in [0, 0.1) is 36.5 Å². The predicted octanol–water partition coefficient (Wildman–Crippen LogP) is 3.07. The lowest BCUT2D eigenvalue weighted by molar-refractivity contribution is -0.164. The fourth-order valence-corrected chi connectivity index (χ4v) is 10.4. The summed E-state index contributed by atoms with van der Waals surface area (Å²) < 4.78 is 51.3. The van der Waals surface area contributed by atoms with Gasteiger partial charge in [-0.1, -0.05) is 65.0 Å². The van der Waals surface area contributed by atoms with Crippen molar-refractivity contribution in [1.29, 1.82) is 0 Å². The van der Waals surface area contributed by atoms with Crippen molar-refractivity contribution in [3.8, 4) is 17.2 Å². The number of ether oxygens (including phenoxy) is 4. The van der Waals surface area contributed by atoms with Crippen LogP contribution in [0.15, 0.2) is 52.3 Å². The van der Waals surface area contributed by atoms with Crippen LogP contribution >= 0.6 is 0 Å². The van der Waals surface area contributed by atoms with Crippen LogP contribution in [0.3, 0.4) is 0 Å². The normalized spacial score (nSPS) is 29.7. The van der Waals surface area contributed by atoms with Gasteiger partial charge in [-0.3, -0.25) is 24.4 Å². The van der Waals surface area contributed by atoms with Gasteiger partial charge in [-0.15, -0.1) is 5.10 Å². The fraction of sp³-hybridized carbons (Fsp3) is 0.580. The number of aromatic hydroxyl groups is 2. The van der Waals surface area contributed by atoms with Crippen molar-refractivity contribution in [2.24, 2.45) is 39.6 Å². The number of aliphatic hydroxyl groups excluding tert-OH is 2. The Hall–Kier alpha value is -5.78. The van der Waals surface area contributed by atoms with Gasteiger partial charge < -0.3 is 49.6 Å². The molecule has 72 heavy (non-hydrogen) atoms. The van der Waals surface area contributed by atoms with E-state index in [1.165, 1.54) is 50.3 Å². The number of hydrogen-bond acceptors (Lipinski definition) is 18. The number of carbonyl (C=O) groups excluding carboxylic acids is 3. The average Bonchev–Trinajstić information content (AvgIpc) is 4.01. The number of piperidine rings is 1. The Morgan fingerprint density at radius 3 is 2.32 bits per heavy atom. The molecule has 1 spiro atoms. The molecule has 1 saturated heterocycles. The number of phenolic OH excluding ortho intramolecular Hbond substituents is 2. The zero-order chi connectivity index (χ0) is 52.8. The van der Waals surface area contributed by atoms with Gasteiger partial charge in [0.2, 0.25) is 10.0 Å². The summed E-state index contributed by atoms with van der Waals surface area (Å²) >= 11 is 0. The van der Waals surface area contributed by atoms with Gasteiger partial charge in [0.1, 0.15) is 35.2 Å². The smallest absolute Gasteiger partial charge is 0.328 e. The van der Waals surface area contributed by atoms with Crippen molar-refractivity contribution in [3.63, 3.8) is 0 Å². The lowest BCUT2D eigenvalue weighted by atomic mass is 9.78. The molecule has 1 aromatic heterocycles. The second kappa shape index (κ2) is 21.0. The molecule has 2 aromatic carbocycles. The molecular formula is C50H68N8O13S. The van der Waals surface area contributed by atoms with Crippen LogP contribution in [0.5, 0.6) is 17.2 Å². The first-order chi connectivity index (χ1) is 33.8. The Labute approximate surface area is 418 Å². The minimum absolute atomic E-state index is 0.00132. The summed E-state index contributed by atoms with van der Waals surface area (Å²) in [6.07, 6.45) is 6.57. The first-order valence-corrected chi connectivity index (χ1v) is 26.1. The number of sulfonamides is 1. The number of carbonyl (C=O) groups is 3. The number of fused-ring (bicyclic) bond motifs is 13. The number of phenols is 2. The second-order valence-electron chi connectivity index (χ2n) is 20.3. The summed E-state index contributed by atoms with van der Waals surface area (Å²) in [5, 5.41) is 58.6. The molecule has 1 fully saturated rings. The third-order valence-electron chi connectivity index (χ3n) is 14.2. The zero-order valence-electron chi connectivity index (χ0n) is 42.7. The Morgan fingerprint density at radius 2 is 1.67 bits per heavy atom. The highest BCUT2D eigenvalue weighted by Crippen LogP contribution is 2.50. The molecule has 8 rings (SSSR count). The summed E-state index contributed by atoms with van der Waals surface area (Å²) in [6.45, 7) is 17.3. The predicted molar refractivity (Wildman–Crippen MR) is 264 cm³/mol. The number of nitrogens with zero attached hydrogens (tertiary/aromatic N) is 6. The number of aliphatic hydroxyl groups is 2. The minimum Gasteiger partial charge on any atom is -0.507 e. The third kappa shape index (κ3) is 10.9. The van der Waals surface area contributed by atoms with E-state index in [0.29, 0.717) is 31.8 Å². The maximum atomic E-state index is 14.9. The maximum absolute atomic E-state index is 14.9. The van der Waals surface area contributed by atoms with Gasteiger partial charge in [-0.05, 0) is 25.8 Å². The van der Waals surface area contributed by atoms with Gasteiger partial charge >= 0.3 is 11.8 Å². The number of nitrogens with one attached hydrogen (secondary N) is 2. The van der Waals surface area contributed by atoms with Gasteiger partial charge in [0.25, 0.3) is 11.7 Å². The van der Waals surface area contributed by atoms with Crippen molar-refractivity contribution in [3.05, 3.63) is 69.9 Å². The van der Waals surface area contributed by atoms with E-state index in [-0.39, 0.29) is 61.9 Å². The van der Waals surface area contributed by atoms with E-state index in [4.69, 9.17) is 28.9 Å². The number of aromatic nitrogens is 3. The Morgan fingerprint density at radius 1 is 0.986 bits per heavy atom. The molecule has 1 amide bonds. The summed E-state index contributed by atoms with van der Waals surface area (Å²) in [4.78, 5) is 55.3. The van der Waals surface area contributed by atoms with E-state index >= 15 is 0 Å². The lowest BCUT2D eigenvalue weighted by Gasteiger charge is -2.38. The van der Waals surface area contributed by atoms with Gasteiger partial charge in [0.15, 0.2) is 11.4 Å². The molecule has 5 bridgehead atoms. The minimum atomic E-state index is -3.53. The Balaban J connectivity index is 1.31. The third-order valence-corrected chi connectivity index (χ3v) is 14.9. The SMILES string of the molecule is CO[C@H]1/C=C/O[C@@]2(C)Oc3c(C)c(O)c4c(O)c(c5c(c4c3C2=O)=NC2(CCN(CC(C)C)CC2)N=5)NC(=O)/C(C)=C\C=C\[C@H](C)[C@H](O)[C@@H](C)[C@@H](O)[C@@H](C)[C@H](OC(=O)Cn2cc(CNS(C)(=O)=O)nn2)[C@@H]1C. The van der Waals surface area contributed by atoms with E-state index < -0.39 is 105 Å². The molecule has 0 aliphatic carbocycles. The summed E-state index contributed by atoms with van der Waals surface area (Å²) in [6, 6.07) is 0. The molecule has 392 valence electrons. The topological polar surface area (TPSA) is 286 Å². The number of anilines is 1. The molecule has 22 heteroatoms. The summed E-state index contributed by atoms with van der Waals surface area (Å²) in [5.74, 6) is -7.49. The molecule has 9 atom stereocenters. The number of esters is 1. The highest BCUT2D eigenvalue weighted by Gasteiger charge is 2.50. The monoisotopic (exact) mass is 1020 g/mol. The number of likely N-dealkylation sites (tertiary alicyclic amines) is 1. The molecule has 3 aromatic rings. The largest absolute Gasteiger partial charge is 0.507 e. The Kier molecular flexibility index (Phi) is 15.7. The van der Waals surface area contributed by atoms with Gasteiger partial charge in [-0.25, -0.2) is 17.8 Å². The number of amides is 1. The first kappa shape index (κ1) is 54.0. The summed E-state index contributed by atoms with van der Waals surface area (Å²) in [5.41, 5.74) is -0.512. The van der Waals surface area contributed by atoms with E-state index in [0.717, 1.165) is 12.8 Å². The molecule has 5 aliphatic heterocycles. The fourth-order valence-electron chi connectivity index (χ4n) is 10.0. The molecule has 6 heterocycles. The number of ketones is 1. The molecule has 21 nitrogen and oxygen atoms in total. The van der Waals surface area contributed by atoms with Crippen LogP contribution in [0.1, 0.15) is 89.8 Å². The Bertz CT molecular complexity index is 2950. The first-order valence-electron chi connectivity index (χ1n) is 24.2. The maximum Gasteiger partial charge on any atom is 0.328 e. The second-order valence-corrected chi connectivity index (χ2v) is 22.2. The van der Waals surface area contributed by atoms with E-state index in [1.54, 1.807) is 46.8 Å². The van der Waals surface area contributed by atoms with Crippen LogP contribution < -0.4 is 25.5 Å². The standard InChI is InChI=1S/C50H68N8O13S/c1-25(2)22-57-18-16-50(17-19-57)53-38-35-36-43(62)31(8)46-37(35)47(64)49(9,71-46)69-20-15-33(68-10)28(5)45(70-34(59)24-58-23-32(55-56-58)21-51-72(11,66)67)30(7)42(61)29(6)41(60)26(3)13-12-14-27(4)48(65)52-40(44(36)63)39(38)54-50/h12-15,20,23,25-26,28-30,33,41-42,45,51,60-63H,16-19,21-22,24H2,1-11H3,(H,52,65)/b13-12+,20-15+,27-14-/t26-,28+,29+,30+,33-,41-,42+,45+,49-/m0/s1. The average molecular weight is 1020 g/mol. The van der Waals surface area contributed by atoms with Gasteiger partial charge in [0, 0.05) is 86.7 Å². The van der Waals surface area contributed by atoms with Crippen LogP contribution in [0.25, 0.3) is 10.8 Å². The van der Waals surface area contributed by atoms with Crippen molar-refractivity contribution in [2.75, 3.05) is 38.3 Å². The number of allylic oxidation sites excluding steroid dienone is 2. The molecule has 0 radical (unpaired) electrons. The van der Waals surface area contributed by atoms with Gasteiger partial charge in [-0.2, -0.15) is 0 Å². The van der Waals surface area contributed by atoms with E-state index in [1.807, 2.05) is 0 Å². The van der Waals surface area contributed by atoms with Crippen molar-refractivity contribution in [2.45, 2.75) is 124 Å². The van der Waals surface area contributed by atoms with Crippen molar-refractivity contribution < 1.29 is 62.2 Å². The van der Waals surface area contributed by atoms with Crippen LogP contribution in [0.4, 0.5) is 5.69 Å². The molecular weight excluding hydrogens is 953 g/mol. The quantitative estimate of drug-likeness (QED) is 0.133. The van der Waals surface area contributed by atoms with Gasteiger partial charge in [0.05, 0.1) is 65.6 Å². The van der Waals surface area contributed by atoms with E-state index in [9.17, 15) is 43.2 Å². The number of hydrogen-bond donors (Lipinski definition) is 6. The number of rotatable bonds is 9. The van der Waals surface area contributed by atoms with Crippen LogP contribution in [-0.2, 0) is 46.9 Å². The number of Topliss-reactive ketones (excluding diaryl/α,β-unsaturated/α-hetero) is 1. The molecule has 5 aliphatic rings. The van der Waals surface area contributed by atoms with E-state index in [2.05, 4.69) is 39.1 Å². The van der Waals surface area contributed by atoms with Crippen molar-refractivity contribution in [1.82, 2.24) is 24.6 Å². The van der Waals surface area contributed by atoms with Crippen LogP contribution in [-0.4, -0.2) is 135 Å². The molecule has 0 saturated carbocycles. The molecule has 6 N–H and O–H groups in total. The number of methoxy groups -OCH3 is 1. The molecule has 0 unspecified atom stereocenters. The van der Waals surface area contributed by atoms with Crippen molar-refractivity contribution >= 4 is 44.1 Å². The zero-order valence-corrected chi connectivity index (χ0v) is 43.5.